The van der Waals surface area contributed by atoms with E-state index < -0.39 is 0 Å². The van der Waals surface area contributed by atoms with Crippen LogP contribution in [0.25, 0.3) is 21.9 Å². The van der Waals surface area contributed by atoms with Crippen LogP contribution in [0.4, 0.5) is 17.1 Å². The lowest BCUT2D eigenvalue weighted by Gasteiger charge is -2.31. The molecule has 1 aromatic heterocycles. The molecule has 0 spiro atoms. The third-order valence-electron chi connectivity index (χ3n) is 6.90. The standard InChI is InChI=1S/C29H28N4O2/c30-24-10-8-21(19-4-2-1-3-5-19)16-25(24)32-29(34)26-17-22-9-11-27(33-12-14-35-15-13-33)28(20-6-7-20)23(22)18-31-26/h1-5,8-11,16-18,20H,6-7,12-15,30H2,(H,32,34). The van der Waals surface area contributed by atoms with E-state index in [4.69, 9.17) is 10.5 Å². The molecule has 6 nitrogen and oxygen atoms in total. The Labute approximate surface area is 204 Å². The Morgan fingerprint density at radius 1 is 0.971 bits per heavy atom. The van der Waals surface area contributed by atoms with E-state index in [9.17, 15) is 4.79 Å². The molecule has 0 unspecified atom stereocenters. The Kier molecular flexibility index (Phi) is 5.58. The fraction of sp³-hybridized carbons (Fsp3) is 0.241. The molecule has 1 amide bonds. The van der Waals surface area contributed by atoms with E-state index in [-0.39, 0.29) is 5.91 Å². The van der Waals surface area contributed by atoms with Crippen molar-refractivity contribution in [2.75, 3.05) is 42.3 Å². The average molecular weight is 465 g/mol. The molecule has 1 aliphatic carbocycles. The summed E-state index contributed by atoms with van der Waals surface area (Å²) in [6.45, 7) is 3.33. The number of nitrogen functional groups attached to an aromatic ring is 1. The number of nitrogens with two attached hydrogens (primary N) is 1. The van der Waals surface area contributed by atoms with Gasteiger partial charge in [0.25, 0.3) is 5.91 Å². The van der Waals surface area contributed by atoms with E-state index in [0.29, 0.717) is 23.0 Å². The molecule has 6 rings (SSSR count). The van der Waals surface area contributed by atoms with E-state index in [2.05, 4.69) is 27.3 Å². The Morgan fingerprint density at radius 3 is 2.54 bits per heavy atom. The number of aromatic nitrogens is 1. The van der Waals surface area contributed by atoms with Crippen molar-refractivity contribution in [3.63, 3.8) is 0 Å². The van der Waals surface area contributed by atoms with Gasteiger partial charge in [-0.15, -0.1) is 0 Å². The molecule has 6 heteroatoms. The zero-order chi connectivity index (χ0) is 23.8. The SMILES string of the molecule is Nc1ccc(-c2ccccc2)cc1NC(=O)c1cc2ccc(N3CCOCC3)c(C3CC3)c2cn1. The van der Waals surface area contributed by atoms with Crippen molar-refractivity contribution in [1.29, 1.82) is 0 Å². The molecule has 3 N–H and O–H groups in total. The highest BCUT2D eigenvalue weighted by atomic mass is 16.5. The monoisotopic (exact) mass is 464 g/mol. The third kappa shape index (κ3) is 4.33. The Bertz CT molecular complexity index is 1390. The molecular formula is C29H28N4O2. The topological polar surface area (TPSA) is 80.5 Å². The molecule has 1 aliphatic heterocycles. The van der Waals surface area contributed by atoms with Gasteiger partial charge in [-0.3, -0.25) is 9.78 Å². The predicted molar refractivity (Wildman–Crippen MR) is 141 cm³/mol. The number of ether oxygens (including phenoxy) is 1. The molecule has 2 aliphatic rings. The van der Waals surface area contributed by atoms with Gasteiger partial charge in [-0.2, -0.15) is 0 Å². The van der Waals surface area contributed by atoms with Crippen molar-refractivity contribution in [3.05, 3.63) is 84.2 Å². The molecule has 2 fully saturated rings. The Morgan fingerprint density at radius 2 is 1.77 bits per heavy atom. The largest absolute Gasteiger partial charge is 0.397 e. The number of carbonyl (C=O) groups is 1. The molecule has 0 bridgehead atoms. The summed E-state index contributed by atoms with van der Waals surface area (Å²) in [4.78, 5) is 20.1. The molecule has 2 heterocycles. The minimum atomic E-state index is -0.269. The Hall–Kier alpha value is -3.90. The molecule has 1 saturated carbocycles. The number of benzene rings is 3. The predicted octanol–water partition coefficient (Wildman–Crippen LogP) is 5.45. The van der Waals surface area contributed by atoms with Gasteiger partial charge in [0, 0.05) is 30.4 Å². The molecule has 0 radical (unpaired) electrons. The van der Waals surface area contributed by atoms with Gasteiger partial charge in [-0.05, 0) is 65.1 Å². The number of hydrogen-bond donors (Lipinski definition) is 2. The molecule has 4 aromatic rings. The third-order valence-corrected chi connectivity index (χ3v) is 6.90. The van der Waals surface area contributed by atoms with Crippen LogP contribution < -0.4 is 16.0 Å². The van der Waals surface area contributed by atoms with Crippen molar-refractivity contribution >= 4 is 33.7 Å². The van der Waals surface area contributed by atoms with Crippen LogP contribution in [0.1, 0.15) is 34.8 Å². The van der Waals surface area contributed by atoms with E-state index in [1.54, 1.807) is 0 Å². The molecule has 35 heavy (non-hydrogen) atoms. The quantitative estimate of drug-likeness (QED) is 0.384. The summed E-state index contributed by atoms with van der Waals surface area (Å²) in [5, 5.41) is 5.14. The minimum Gasteiger partial charge on any atom is -0.397 e. The first-order valence-electron chi connectivity index (χ1n) is 12.2. The first-order valence-corrected chi connectivity index (χ1v) is 12.2. The maximum Gasteiger partial charge on any atom is 0.274 e. The van der Waals surface area contributed by atoms with Gasteiger partial charge in [0.05, 0.1) is 24.6 Å². The van der Waals surface area contributed by atoms with Crippen molar-refractivity contribution in [1.82, 2.24) is 4.98 Å². The van der Waals surface area contributed by atoms with Crippen LogP contribution >= 0.6 is 0 Å². The average Bonchev–Trinajstić information content (AvgIpc) is 3.75. The van der Waals surface area contributed by atoms with Crippen LogP contribution in [0.2, 0.25) is 0 Å². The second kappa shape index (κ2) is 9.04. The van der Waals surface area contributed by atoms with E-state index >= 15 is 0 Å². The summed E-state index contributed by atoms with van der Waals surface area (Å²) < 4.78 is 5.55. The van der Waals surface area contributed by atoms with Crippen LogP contribution in [0.15, 0.2) is 72.9 Å². The van der Waals surface area contributed by atoms with Crippen LogP contribution in [-0.2, 0) is 4.74 Å². The zero-order valence-electron chi connectivity index (χ0n) is 19.5. The van der Waals surface area contributed by atoms with Crippen molar-refractivity contribution in [3.8, 4) is 11.1 Å². The number of rotatable bonds is 5. The fourth-order valence-electron chi connectivity index (χ4n) is 4.90. The summed E-state index contributed by atoms with van der Waals surface area (Å²) in [6, 6.07) is 21.9. The summed E-state index contributed by atoms with van der Waals surface area (Å²) in [7, 11) is 0. The highest BCUT2D eigenvalue weighted by molar-refractivity contribution is 6.07. The number of fused-ring (bicyclic) bond motifs is 1. The zero-order valence-corrected chi connectivity index (χ0v) is 19.5. The van der Waals surface area contributed by atoms with E-state index in [1.165, 1.54) is 24.1 Å². The summed E-state index contributed by atoms with van der Waals surface area (Å²) in [5.41, 5.74) is 12.4. The van der Waals surface area contributed by atoms with Gasteiger partial charge in [0.1, 0.15) is 5.69 Å². The maximum absolute atomic E-state index is 13.2. The number of morpholine rings is 1. The van der Waals surface area contributed by atoms with Crippen molar-refractivity contribution < 1.29 is 9.53 Å². The van der Waals surface area contributed by atoms with Gasteiger partial charge < -0.3 is 20.7 Å². The number of hydrogen-bond acceptors (Lipinski definition) is 5. The van der Waals surface area contributed by atoms with Crippen LogP contribution in [-0.4, -0.2) is 37.2 Å². The first-order chi connectivity index (χ1) is 17.2. The van der Waals surface area contributed by atoms with Crippen molar-refractivity contribution in [2.45, 2.75) is 18.8 Å². The van der Waals surface area contributed by atoms with E-state index in [0.717, 1.165) is 48.2 Å². The molecular weight excluding hydrogens is 436 g/mol. The lowest BCUT2D eigenvalue weighted by Crippen LogP contribution is -2.36. The summed E-state index contributed by atoms with van der Waals surface area (Å²) in [6.07, 6.45) is 4.27. The molecule has 3 aromatic carbocycles. The van der Waals surface area contributed by atoms with Gasteiger partial charge in [-0.1, -0.05) is 42.5 Å². The normalized spacial score (nSPS) is 15.8. The van der Waals surface area contributed by atoms with Gasteiger partial charge in [0.2, 0.25) is 0 Å². The maximum atomic E-state index is 13.2. The van der Waals surface area contributed by atoms with Gasteiger partial charge in [0.15, 0.2) is 0 Å². The van der Waals surface area contributed by atoms with Gasteiger partial charge in [-0.25, -0.2) is 0 Å². The highest BCUT2D eigenvalue weighted by Crippen LogP contribution is 2.47. The number of nitrogens with zero attached hydrogens (tertiary/aromatic N) is 2. The minimum absolute atomic E-state index is 0.269. The fourth-order valence-corrected chi connectivity index (χ4v) is 4.90. The second-order valence-corrected chi connectivity index (χ2v) is 9.28. The van der Waals surface area contributed by atoms with Gasteiger partial charge >= 0.3 is 0 Å². The molecule has 0 atom stereocenters. The number of anilines is 3. The number of amides is 1. The van der Waals surface area contributed by atoms with Crippen LogP contribution in [0, 0.1) is 0 Å². The number of nitrogens with one attached hydrogen (secondary N) is 1. The Balaban J connectivity index is 1.30. The summed E-state index contributed by atoms with van der Waals surface area (Å²) in [5.74, 6) is 0.299. The lowest BCUT2D eigenvalue weighted by molar-refractivity contribution is 0.102. The highest BCUT2D eigenvalue weighted by Gasteiger charge is 2.30. The van der Waals surface area contributed by atoms with Crippen LogP contribution in [0.5, 0.6) is 0 Å². The first kappa shape index (κ1) is 21.6. The molecule has 176 valence electrons. The number of carbonyl (C=O) groups excluding carboxylic acids is 1. The molecule has 1 saturated heterocycles. The smallest absolute Gasteiger partial charge is 0.274 e. The summed E-state index contributed by atoms with van der Waals surface area (Å²) >= 11 is 0. The van der Waals surface area contributed by atoms with Crippen molar-refractivity contribution in [2.24, 2.45) is 0 Å². The van der Waals surface area contributed by atoms with E-state index in [1.807, 2.05) is 60.8 Å². The number of pyridine rings is 1. The van der Waals surface area contributed by atoms with Crippen LogP contribution in [0.3, 0.4) is 0 Å². The second-order valence-electron chi connectivity index (χ2n) is 9.28. The lowest BCUT2D eigenvalue weighted by atomic mass is 9.99.